The SMILES string of the molecule is C=C(C)CC1(CCl)CCCOC1. The van der Waals surface area contributed by atoms with Gasteiger partial charge in [-0.2, -0.15) is 0 Å². The van der Waals surface area contributed by atoms with Crippen LogP contribution in [0.2, 0.25) is 0 Å². The van der Waals surface area contributed by atoms with Gasteiger partial charge in [-0.05, 0) is 26.2 Å². The number of ether oxygens (including phenoxy) is 1. The molecule has 0 aromatic heterocycles. The lowest BCUT2D eigenvalue weighted by molar-refractivity contribution is 0.00487. The number of hydrogen-bond acceptors (Lipinski definition) is 1. The fourth-order valence-electron chi connectivity index (χ4n) is 1.84. The minimum Gasteiger partial charge on any atom is -0.381 e. The van der Waals surface area contributed by atoms with Gasteiger partial charge < -0.3 is 4.74 Å². The molecule has 0 bridgehead atoms. The van der Waals surface area contributed by atoms with E-state index >= 15 is 0 Å². The van der Waals surface area contributed by atoms with Gasteiger partial charge in [0.25, 0.3) is 0 Å². The highest BCUT2D eigenvalue weighted by molar-refractivity contribution is 6.18. The van der Waals surface area contributed by atoms with Gasteiger partial charge in [-0.1, -0.05) is 5.57 Å². The van der Waals surface area contributed by atoms with Crippen LogP contribution in [0.3, 0.4) is 0 Å². The van der Waals surface area contributed by atoms with Crippen molar-refractivity contribution in [2.75, 3.05) is 19.1 Å². The third kappa shape index (κ3) is 2.49. The van der Waals surface area contributed by atoms with Crippen LogP contribution in [0.5, 0.6) is 0 Å². The van der Waals surface area contributed by atoms with Crippen molar-refractivity contribution in [1.29, 1.82) is 0 Å². The summed E-state index contributed by atoms with van der Waals surface area (Å²) in [5, 5.41) is 0. The van der Waals surface area contributed by atoms with Crippen molar-refractivity contribution in [1.82, 2.24) is 0 Å². The molecule has 1 heterocycles. The summed E-state index contributed by atoms with van der Waals surface area (Å²) < 4.78 is 5.45. The molecule has 1 saturated heterocycles. The second-order valence-corrected chi connectivity index (χ2v) is 4.19. The molecule has 1 nitrogen and oxygen atoms in total. The number of rotatable bonds is 3. The second-order valence-electron chi connectivity index (χ2n) is 3.92. The molecule has 2 heteroatoms. The highest BCUT2D eigenvalue weighted by Gasteiger charge is 2.31. The third-order valence-corrected chi connectivity index (χ3v) is 2.93. The summed E-state index contributed by atoms with van der Waals surface area (Å²) in [4.78, 5) is 0. The van der Waals surface area contributed by atoms with E-state index in [4.69, 9.17) is 16.3 Å². The molecule has 1 atom stereocenters. The third-order valence-electron chi connectivity index (χ3n) is 2.36. The van der Waals surface area contributed by atoms with Crippen LogP contribution in [0.4, 0.5) is 0 Å². The van der Waals surface area contributed by atoms with Crippen molar-refractivity contribution < 1.29 is 4.74 Å². The summed E-state index contributed by atoms with van der Waals surface area (Å²) in [5.74, 6) is 0.694. The molecule has 0 amide bonds. The van der Waals surface area contributed by atoms with Gasteiger partial charge in [0.05, 0.1) is 6.61 Å². The maximum atomic E-state index is 5.96. The van der Waals surface area contributed by atoms with Crippen LogP contribution in [-0.4, -0.2) is 19.1 Å². The van der Waals surface area contributed by atoms with E-state index in [0.717, 1.165) is 26.1 Å². The molecule has 1 aliphatic heterocycles. The zero-order chi connectivity index (χ0) is 9.03. The van der Waals surface area contributed by atoms with Crippen molar-refractivity contribution in [3.63, 3.8) is 0 Å². The average Bonchev–Trinajstić information content (AvgIpc) is 2.05. The van der Waals surface area contributed by atoms with Crippen LogP contribution >= 0.6 is 11.6 Å². The van der Waals surface area contributed by atoms with Crippen LogP contribution in [0, 0.1) is 5.41 Å². The van der Waals surface area contributed by atoms with E-state index in [2.05, 4.69) is 13.5 Å². The summed E-state index contributed by atoms with van der Waals surface area (Å²) in [6.45, 7) is 7.69. The van der Waals surface area contributed by atoms with Crippen molar-refractivity contribution in [3.8, 4) is 0 Å². The summed E-state index contributed by atoms with van der Waals surface area (Å²) in [5.41, 5.74) is 1.40. The molecule has 0 aromatic rings. The van der Waals surface area contributed by atoms with E-state index in [0.29, 0.717) is 5.88 Å². The van der Waals surface area contributed by atoms with Crippen molar-refractivity contribution >= 4 is 11.6 Å². The largest absolute Gasteiger partial charge is 0.381 e. The monoisotopic (exact) mass is 188 g/mol. The highest BCUT2D eigenvalue weighted by atomic mass is 35.5. The Morgan fingerprint density at radius 1 is 1.67 bits per heavy atom. The van der Waals surface area contributed by atoms with E-state index in [1.165, 1.54) is 12.0 Å². The standard InChI is InChI=1S/C10H17ClO/c1-9(2)6-10(7-11)4-3-5-12-8-10/h1,3-8H2,2H3. The van der Waals surface area contributed by atoms with E-state index < -0.39 is 0 Å². The van der Waals surface area contributed by atoms with Gasteiger partial charge in [0, 0.05) is 17.9 Å². The van der Waals surface area contributed by atoms with Crippen LogP contribution in [0.15, 0.2) is 12.2 Å². The molecule has 0 radical (unpaired) electrons. The first-order valence-corrected chi connectivity index (χ1v) is 5.00. The van der Waals surface area contributed by atoms with Gasteiger partial charge in [-0.3, -0.25) is 0 Å². The van der Waals surface area contributed by atoms with Crippen molar-refractivity contribution in [2.24, 2.45) is 5.41 Å². The molecular weight excluding hydrogens is 172 g/mol. The predicted octanol–water partition coefficient (Wildman–Crippen LogP) is 2.99. The lowest BCUT2D eigenvalue weighted by atomic mass is 9.79. The summed E-state index contributed by atoms with van der Waals surface area (Å²) in [6.07, 6.45) is 3.33. The van der Waals surface area contributed by atoms with Gasteiger partial charge in [-0.25, -0.2) is 0 Å². The van der Waals surface area contributed by atoms with E-state index in [-0.39, 0.29) is 5.41 Å². The smallest absolute Gasteiger partial charge is 0.0536 e. The first-order chi connectivity index (χ1) is 5.68. The van der Waals surface area contributed by atoms with Gasteiger partial charge in [0.15, 0.2) is 0 Å². The normalized spacial score (nSPS) is 30.2. The van der Waals surface area contributed by atoms with Crippen molar-refractivity contribution in [3.05, 3.63) is 12.2 Å². The summed E-state index contributed by atoms with van der Waals surface area (Å²) >= 11 is 5.96. The first-order valence-electron chi connectivity index (χ1n) is 4.47. The minimum atomic E-state index is 0.186. The zero-order valence-electron chi connectivity index (χ0n) is 7.74. The Labute approximate surface area is 79.7 Å². The maximum Gasteiger partial charge on any atom is 0.0536 e. The highest BCUT2D eigenvalue weighted by Crippen LogP contribution is 2.35. The molecule has 1 aliphatic rings. The molecular formula is C10H17ClO. The Balaban J connectivity index is 2.53. The molecule has 1 unspecified atom stereocenters. The molecule has 0 aliphatic carbocycles. The summed E-state index contributed by atoms with van der Waals surface area (Å²) in [7, 11) is 0. The Morgan fingerprint density at radius 3 is 2.83 bits per heavy atom. The quantitative estimate of drug-likeness (QED) is 0.489. The van der Waals surface area contributed by atoms with E-state index in [9.17, 15) is 0 Å². The molecule has 0 aromatic carbocycles. The predicted molar refractivity (Wildman–Crippen MR) is 52.6 cm³/mol. The zero-order valence-corrected chi connectivity index (χ0v) is 8.49. The number of hydrogen-bond donors (Lipinski definition) is 0. The van der Waals surface area contributed by atoms with Crippen LogP contribution in [0.1, 0.15) is 26.2 Å². The number of halogens is 1. The Kier molecular flexibility index (Phi) is 3.60. The fourth-order valence-corrected chi connectivity index (χ4v) is 2.15. The minimum absolute atomic E-state index is 0.186. The molecule has 1 rings (SSSR count). The van der Waals surface area contributed by atoms with Crippen LogP contribution in [-0.2, 0) is 4.74 Å². The molecule has 12 heavy (non-hydrogen) atoms. The molecule has 0 spiro atoms. The molecule has 0 N–H and O–H groups in total. The Hall–Kier alpha value is -0.0100. The van der Waals surface area contributed by atoms with Crippen molar-refractivity contribution in [2.45, 2.75) is 26.2 Å². The van der Waals surface area contributed by atoms with Crippen LogP contribution < -0.4 is 0 Å². The van der Waals surface area contributed by atoms with Gasteiger partial charge in [0.1, 0.15) is 0 Å². The van der Waals surface area contributed by atoms with Gasteiger partial charge in [0.2, 0.25) is 0 Å². The molecule has 1 fully saturated rings. The Morgan fingerprint density at radius 2 is 2.42 bits per heavy atom. The molecule has 0 saturated carbocycles. The molecule has 70 valence electrons. The first kappa shape index (κ1) is 10.1. The number of alkyl halides is 1. The maximum absolute atomic E-state index is 5.96. The average molecular weight is 189 g/mol. The Bertz CT molecular complexity index is 159. The fraction of sp³-hybridized carbons (Fsp3) is 0.800. The van der Waals surface area contributed by atoms with E-state index in [1.807, 2.05) is 0 Å². The topological polar surface area (TPSA) is 9.23 Å². The van der Waals surface area contributed by atoms with Gasteiger partial charge in [-0.15, -0.1) is 18.2 Å². The second kappa shape index (κ2) is 4.29. The van der Waals surface area contributed by atoms with E-state index in [1.54, 1.807) is 0 Å². The van der Waals surface area contributed by atoms with Gasteiger partial charge >= 0.3 is 0 Å². The van der Waals surface area contributed by atoms with Crippen LogP contribution in [0.25, 0.3) is 0 Å². The lowest BCUT2D eigenvalue weighted by Crippen LogP contribution is -2.33. The lowest BCUT2D eigenvalue weighted by Gasteiger charge is -2.35. The summed E-state index contributed by atoms with van der Waals surface area (Å²) in [6, 6.07) is 0. The number of allylic oxidation sites excluding steroid dienone is 1.